The largest absolute Gasteiger partial charge is 0.325 e. The lowest BCUT2D eigenvalue weighted by molar-refractivity contribution is -0.118. The number of hydrogen-bond donors (Lipinski definition) is 3. The quantitative estimate of drug-likeness (QED) is 0.795. The van der Waals surface area contributed by atoms with E-state index in [0.29, 0.717) is 10.7 Å². The molecule has 0 bridgehead atoms. The first kappa shape index (κ1) is 14.5. The molecule has 1 aromatic rings. The highest BCUT2D eigenvalue weighted by molar-refractivity contribution is 8.14. The molecule has 0 atom stereocenters. The maximum Gasteiger partial charge on any atom is 0.234 e. The molecule has 1 aliphatic rings. The molecule has 20 heavy (non-hydrogen) atoms. The van der Waals surface area contributed by atoms with Crippen LogP contribution in [0.5, 0.6) is 0 Å². The lowest BCUT2D eigenvalue weighted by atomic mass is 10.3. The highest BCUT2D eigenvalue weighted by Gasteiger charge is 2.17. The molecule has 2 rings (SSSR count). The molecule has 6 nitrogen and oxygen atoms in total. The molecule has 1 aliphatic heterocycles. The Balaban J connectivity index is 1.85. The van der Waals surface area contributed by atoms with Crippen molar-refractivity contribution in [2.24, 2.45) is 4.99 Å². The summed E-state index contributed by atoms with van der Waals surface area (Å²) in [5, 5.41) is 13.4. The van der Waals surface area contributed by atoms with Gasteiger partial charge in [-0.1, -0.05) is 23.4 Å². The molecule has 1 heterocycles. The number of hydrogen-bond acceptors (Lipinski definition) is 4. The van der Waals surface area contributed by atoms with Crippen molar-refractivity contribution in [3.63, 3.8) is 0 Å². The Morgan fingerprint density at radius 2 is 2.15 bits per heavy atom. The second-order valence-electron chi connectivity index (χ2n) is 3.93. The number of carbonyl (C=O) groups is 2. The third-order valence-corrected chi connectivity index (χ3v) is 3.40. The van der Waals surface area contributed by atoms with Crippen LogP contribution in [-0.4, -0.2) is 28.6 Å². The highest BCUT2D eigenvalue weighted by Crippen LogP contribution is 2.14. The van der Waals surface area contributed by atoms with E-state index in [0.717, 1.165) is 11.8 Å². The molecule has 0 saturated heterocycles. The second kappa shape index (κ2) is 6.53. The number of nitrogens with one attached hydrogen (secondary N) is 3. The number of benzene rings is 1. The van der Waals surface area contributed by atoms with Crippen molar-refractivity contribution in [2.75, 3.05) is 11.1 Å². The molecule has 0 unspecified atom stereocenters. The Bertz CT molecular complexity index is 586. The zero-order chi connectivity index (χ0) is 14.5. The summed E-state index contributed by atoms with van der Waals surface area (Å²) >= 11 is 6.82. The van der Waals surface area contributed by atoms with Gasteiger partial charge >= 0.3 is 0 Å². The van der Waals surface area contributed by atoms with Gasteiger partial charge in [-0.15, -0.1) is 0 Å². The molecule has 8 heteroatoms. The number of aliphatic imine (C=N–C) groups is 1. The van der Waals surface area contributed by atoms with Gasteiger partial charge in [-0.3, -0.25) is 15.0 Å². The van der Waals surface area contributed by atoms with Crippen LogP contribution in [0.25, 0.3) is 0 Å². The van der Waals surface area contributed by atoms with Crippen molar-refractivity contribution < 1.29 is 9.59 Å². The van der Waals surface area contributed by atoms with Gasteiger partial charge in [0.15, 0.2) is 5.17 Å². The number of anilines is 1. The van der Waals surface area contributed by atoms with Crippen LogP contribution in [0.3, 0.4) is 0 Å². The molecule has 0 saturated carbocycles. The first-order valence-corrected chi connectivity index (χ1v) is 7.03. The summed E-state index contributed by atoms with van der Waals surface area (Å²) in [7, 11) is 0. The standard InChI is InChI=1S/C12H11ClN4O2S/c13-7-1-3-8(4-2-7)15-11(19)6-20-12-16-9(14)5-10(18)17-12/h1-4H,5-6H2,(H,15,19)(H2,14,16,17,18). The molecule has 0 aromatic heterocycles. The van der Waals surface area contributed by atoms with Gasteiger partial charge in [0.1, 0.15) is 5.84 Å². The lowest BCUT2D eigenvalue weighted by Gasteiger charge is -2.12. The van der Waals surface area contributed by atoms with Crippen LogP contribution in [0, 0.1) is 5.41 Å². The van der Waals surface area contributed by atoms with Crippen LogP contribution < -0.4 is 10.6 Å². The van der Waals surface area contributed by atoms with Gasteiger partial charge in [-0.2, -0.15) is 0 Å². The van der Waals surface area contributed by atoms with Crippen molar-refractivity contribution >= 4 is 51.9 Å². The van der Waals surface area contributed by atoms with E-state index in [1.807, 2.05) is 0 Å². The number of amidine groups is 2. The van der Waals surface area contributed by atoms with Crippen molar-refractivity contribution in [3.8, 4) is 0 Å². The van der Waals surface area contributed by atoms with Gasteiger partial charge in [0, 0.05) is 10.7 Å². The maximum atomic E-state index is 11.7. The topological polar surface area (TPSA) is 94.4 Å². The van der Waals surface area contributed by atoms with E-state index >= 15 is 0 Å². The minimum atomic E-state index is -0.286. The fourth-order valence-corrected chi connectivity index (χ4v) is 2.26. The number of halogens is 1. The van der Waals surface area contributed by atoms with Crippen LogP contribution in [0.2, 0.25) is 5.02 Å². The Morgan fingerprint density at radius 3 is 2.80 bits per heavy atom. The molecule has 3 N–H and O–H groups in total. The third kappa shape index (κ3) is 4.36. The first-order chi connectivity index (χ1) is 9.52. The SMILES string of the molecule is N=C1CC(=O)NC(SCC(=O)Nc2ccc(Cl)cc2)=N1. The normalized spacial score (nSPS) is 14.6. The Hall–Kier alpha value is -1.86. The fraction of sp³-hybridized carbons (Fsp3) is 0.167. The molecular formula is C12H11ClN4O2S. The summed E-state index contributed by atoms with van der Waals surface area (Å²) in [5.41, 5.74) is 0.641. The Labute approximate surface area is 124 Å². The summed E-state index contributed by atoms with van der Waals surface area (Å²) in [5.74, 6) is -0.430. The van der Waals surface area contributed by atoms with Gasteiger partial charge < -0.3 is 10.6 Å². The van der Waals surface area contributed by atoms with Crippen molar-refractivity contribution in [1.29, 1.82) is 5.41 Å². The minimum Gasteiger partial charge on any atom is -0.325 e. The van der Waals surface area contributed by atoms with Crippen molar-refractivity contribution in [3.05, 3.63) is 29.3 Å². The van der Waals surface area contributed by atoms with Gasteiger partial charge in [0.05, 0.1) is 12.2 Å². The van der Waals surface area contributed by atoms with Gasteiger partial charge in [0.2, 0.25) is 11.8 Å². The van der Waals surface area contributed by atoms with Crippen LogP contribution in [0.15, 0.2) is 29.3 Å². The summed E-state index contributed by atoms with van der Waals surface area (Å²) < 4.78 is 0. The van der Waals surface area contributed by atoms with E-state index in [2.05, 4.69) is 15.6 Å². The number of carbonyl (C=O) groups excluding carboxylic acids is 2. The van der Waals surface area contributed by atoms with Crippen LogP contribution in [-0.2, 0) is 9.59 Å². The average Bonchev–Trinajstić information content (AvgIpc) is 2.38. The molecule has 1 aromatic carbocycles. The molecule has 2 amide bonds. The summed E-state index contributed by atoms with van der Waals surface area (Å²) in [6.45, 7) is 0. The van der Waals surface area contributed by atoms with Crippen molar-refractivity contribution in [1.82, 2.24) is 5.32 Å². The Kier molecular flexibility index (Phi) is 4.75. The predicted octanol–water partition coefficient (Wildman–Crippen LogP) is 1.86. The van der Waals surface area contributed by atoms with E-state index in [1.165, 1.54) is 0 Å². The average molecular weight is 311 g/mol. The molecule has 0 spiro atoms. The first-order valence-electron chi connectivity index (χ1n) is 5.67. The zero-order valence-electron chi connectivity index (χ0n) is 10.3. The van der Waals surface area contributed by atoms with E-state index in [1.54, 1.807) is 24.3 Å². The van der Waals surface area contributed by atoms with Gasteiger partial charge in [0.25, 0.3) is 0 Å². The number of thioether (sulfide) groups is 1. The van der Waals surface area contributed by atoms with Crippen LogP contribution >= 0.6 is 23.4 Å². The predicted molar refractivity (Wildman–Crippen MR) is 80.5 cm³/mol. The number of nitrogens with zero attached hydrogens (tertiary/aromatic N) is 1. The summed E-state index contributed by atoms with van der Waals surface area (Å²) in [6, 6.07) is 6.75. The monoisotopic (exact) mass is 310 g/mol. The smallest absolute Gasteiger partial charge is 0.234 e. The fourth-order valence-electron chi connectivity index (χ4n) is 1.44. The molecular weight excluding hydrogens is 300 g/mol. The van der Waals surface area contributed by atoms with Crippen molar-refractivity contribution in [2.45, 2.75) is 6.42 Å². The maximum absolute atomic E-state index is 11.7. The Morgan fingerprint density at radius 1 is 1.45 bits per heavy atom. The number of rotatable bonds is 3. The third-order valence-electron chi connectivity index (χ3n) is 2.28. The van der Waals surface area contributed by atoms with Gasteiger partial charge in [-0.05, 0) is 24.3 Å². The van der Waals surface area contributed by atoms with E-state index in [-0.39, 0.29) is 35.0 Å². The summed E-state index contributed by atoms with van der Waals surface area (Å²) in [4.78, 5) is 26.8. The zero-order valence-corrected chi connectivity index (χ0v) is 11.8. The summed E-state index contributed by atoms with van der Waals surface area (Å²) in [6.07, 6.45) is -0.0268. The van der Waals surface area contributed by atoms with Gasteiger partial charge in [-0.25, -0.2) is 4.99 Å². The molecule has 0 aliphatic carbocycles. The number of amides is 2. The van der Waals surface area contributed by atoms with E-state index in [9.17, 15) is 9.59 Å². The highest BCUT2D eigenvalue weighted by atomic mass is 35.5. The van der Waals surface area contributed by atoms with Crippen LogP contribution in [0.4, 0.5) is 5.69 Å². The minimum absolute atomic E-state index is 0.00522. The second-order valence-corrected chi connectivity index (χ2v) is 5.33. The lowest BCUT2D eigenvalue weighted by Crippen LogP contribution is -2.35. The molecule has 104 valence electrons. The van der Waals surface area contributed by atoms with E-state index < -0.39 is 0 Å². The van der Waals surface area contributed by atoms with E-state index in [4.69, 9.17) is 17.0 Å². The van der Waals surface area contributed by atoms with Crippen LogP contribution in [0.1, 0.15) is 6.42 Å². The molecule has 0 radical (unpaired) electrons. The molecule has 0 fully saturated rings.